The van der Waals surface area contributed by atoms with E-state index in [1.165, 1.54) is 4.90 Å². The van der Waals surface area contributed by atoms with Crippen molar-refractivity contribution in [3.8, 4) is 0 Å². The molecule has 0 saturated heterocycles. The van der Waals surface area contributed by atoms with Crippen molar-refractivity contribution in [3.05, 3.63) is 0 Å². The molecule has 7 nitrogen and oxygen atoms in total. The molecule has 0 aliphatic rings. The van der Waals surface area contributed by atoms with Gasteiger partial charge in [0.1, 0.15) is 6.54 Å². The minimum atomic E-state index is -0.977. The molecule has 0 aromatic heterocycles. The van der Waals surface area contributed by atoms with Crippen molar-refractivity contribution in [2.24, 2.45) is 17.6 Å². The van der Waals surface area contributed by atoms with Gasteiger partial charge in [0.2, 0.25) is 5.91 Å². The SMILES string of the molecule is CC(C)CN(CC(N)=O)C(=O)NC(CC(=O)O)C(C)C. The third-order valence-electron chi connectivity index (χ3n) is 2.73. The number of amides is 3. The highest BCUT2D eigenvalue weighted by molar-refractivity contribution is 5.83. The largest absolute Gasteiger partial charge is 0.481 e. The number of aliphatic carboxylic acids is 1. The lowest BCUT2D eigenvalue weighted by molar-refractivity contribution is -0.137. The number of carboxylic acid groups (broad SMARTS) is 1. The lowest BCUT2D eigenvalue weighted by atomic mass is 10.0. The van der Waals surface area contributed by atoms with E-state index in [4.69, 9.17) is 10.8 Å². The molecule has 0 radical (unpaired) electrons. The van der Waals surface area contributed by atoms with Gasteiger partial charge < -0.3 is 21.1 Å². The highest BCUT2D eigenvalue weighted by Gasteiger charge is 2.23. The molecule has 0 fully saturated rings. The molecule has 0 aromatic carbocycles. The summed E-state index contributed by atoms with van der Waals surface area (Å²) in [5, 5.41) is 11.5. The maximum absolute atomic E-state index is 12.1. The molecule has 1 unspecified atom stereocenters. The highest BCUT2D eigenvalue weighted by Crippen LogP contribution is 2.08. The Bertz CT molecular complexity index is 356. The van der Waals surface area contributed by atoms with Crippen molar-refractivity contribution in [3.63, 3.8) is 0 Å². The Hall–Kier alpha value is -1.79. The van der Waals surface area contributed by atoms with Crippen molar-refractivity contribution in [1.29, 1.82) is 0 Å². The second-order valence-electron chi connectivity index (χ2n) is 5.64. The van der Waals surface area contributed by atoms with Crippen LogP contribution in [0.5, 0.6) is 0 Å². The van der Waals surface area contributed by atoms with Crippen LogP contribution in [0.25, 0.3) is 0 Å². The van der Waals surface area contributed by atoms with Gasteiger partial charge in [0, 0.05) is 12.6 Å². The van der Waals surface area contributed by atoms with Crippen molar-refractivity contribution in [2.75, 3.05) is 13.1 Å². The summed E-state index contributed by atoms with van der Waals surface area (Å²) in [5.41, 5.74) is 5.12. The summed E-state index contributed by atoms with van der Waals surface area (Å²) < 4.78 is 0. The van der Waals surface area contributed by atoms with Crippen LogP contribution < -0.4 is 11.1 Å². The van der Waals surface area contributed by atoms with Crippen LogP contribution in [0.15, 0.2) is 0 Å². The van der Waals surface area contributed by atoms with Crippen LogP contribution in [0, 0.1) is 11.8 Å². The first kappa shape index (κ1) is 18.2. The average Bonchev–Trinajstić information content (AvgIpc) is 2.24. The maximum atomic E-state index is 12.1. The molecule has 0 rings (SSSR count). The Morgan fingerprint density at radius 3 is 2.10 bits per heavy atom. The number of nitrogens with zero attached hydrogens (tertiary/aromatic N) is 1. The minimum Gasteiger partial charge on any atom is -0.481 e. The van der Waals surface area contributed by atoms with Crippen LogP contribution in [0.2, 0.25) is 0 Å². The highest BCUT2D eigenvalue weighted by atomic mass is 16.4. The van der Waals surface area contributed by atoms with E-state index in [1.54, 1.807) is 0 Å². The summed E-state index contributed by atoms with van der Waals surface area (Å²) >= 11 is 0. The van der Waals surface area contributed by atoms with Crippen LogP contribution >= 0.6 is 0 Å². The average molecular weight is 287 g/mol. The summed E-state index contributed by atoms with van der Waals surface area (Å²) in [6.45, 7) is 7.69. The van der Waals surface area contributed by atoms with Crippen molar-refractivity contribution >= 4 is 17.9 Å². The van der Waals surface area contributed by atoms with E-state index < -0.39 is 23.9 Å². The predicted molar refractivity (Wildman–Crippen MR) is 75.0 cm³/mol. The van der Waals surface area contributed by atoms with Crippen LogP contribution in [-0.4, -0.2) is 47.0 Å². The molecular formula is C13H25N3O4. The number of urea groups is 1. The lowest BCUT2D eigenvalue weighted by Gasteiger charge is -2.28. The van der Waals surface area contributed by atoms with Gasteiger partial charge in [-0.3, -0.25) is 9.59 Å². The van der Waals surface area contributed by atoms with Gasteiger partial charge in [-0.1, -0.05) is 27.7 Å². The predicted octanol–water partition coefficient (Wildman–Crippen LogP) is 0.639. The van der Waals surface area contributed by atoms with Gasteiger partial charge in [-0.15, -0.1) is 0 Å². The molecule has 1 atom stereocenters. The normalized spacial score (nSPS) is 12.3. The summed E-state index contributed by atoms with van der Waals surface area (Å²) in [5.74, 6) is -1.42. The van der Waals surface area contributed by atoms with Gasteiger partial charge in [0.25, 0.3) is 0 Å². The monoisotopic (exact) mass is 287 g/mol. The van der Waals surface area contributed by atoms with Gasteiger partial charge in [0.15, 0.2) is 0 Å². The summed E-state index contributed by atoms with van der Waals surface area (Å²) in [4.78, 5) is 35.2. The Balaban J connectivity index is 4.77. The first-order valence-electron chi connectivity index (χ1n) is 6.69. The van der Waals surface area contributed by atoms with E-state index >= 15 is 0 Å². The number of carboxylic acids is 1. The molecule has 0 bridgehead atoms. The van der Waals surface area contributed by atoms with E-state index in [9.17, 15) is 14.4 Å². The van der Waals surface area contributed by atoms with Gasteiger partial charge in [-0.05, 0) is 11.8 Å². The van der Waals surface area contributed by atoms with Crippen LogP contribution in [-0.2, 0) is 9.59 Å². The number of carbonyl (C=O) groups is 3. The van der Waals surface area contributed by atoms with E-state index in [1.807, 2.05) is 27.7 Å². The van der Waals surface area contributed by atoms with E-state index in [-0.39, 0.29) is 24.8 Å². The smallest absolute Gasteiger partial charge is 0.318 e. The zero-order valence-corrected chi connectivity index (χ0v) is 12.5. The number of hydrogen-bond acceptors (Lipinski definition) is 3. The number of primary amides is 1. The summed E-state index contributed by atoms with van der Waals surface area (Å²) in [6, 6.07) is -0.944. The number of rotatable bonds is 8. The fourth-order valence-corrected chi connectivity index (χ4v) is 1.74. The molecule has 116 valence electrons. The molecule has 20 heavy (non-hydrogen) atoms. The Morgan fingerprint density at radius 1 is 1.20 bits per heavy atom. The van der Waals surface area contributed by atoms with Crippen molar-refractivity contribution < 1.29 is 19.5 Å². The van der Waals surface area contributed by atoms with Crippen molar-refractivity contribution in [2.45, 2.75) is 40.2 Å². The second-order valence-corrected chi connectivity index (χ2v) is 5.64. The Kier molecular flexibility index (Phi) is 7.64. The molecular weight excluding hydrogens is 262 g/mol. The molecule has 0 aliphatic carbocycles. The van der Waals surface area contributed by atoms with Gasteiger partial charge >= 0.3 is 12.0 Å². The maximum Gasteiger partial charge on any atom is 0.318 e. The van der Waals surface area contributed by atoms with E-state index in [2.05, 4.69) is 5.32 Å². The fraction of sp³-hybridized carbons (Fsp3) is 0.769. The molecule has 3 amide bonds. The molecule has 7 heteroatoms. The third kappa shape index (κ3) is 7.60. The number of hydrogen-bond donors (Lipinski definition) is 3. The van der Waals surface area contributed by atoms with Crippen molar-refractivity contribution in [1.82, 2.24) is 10.2 Å². The Morgan fingerprint density at radius 2 is 1.75 bits per heavy atom. The number of nitrogens with one attached hydrogen (secondary N) is 1. The topological polar surface area (TPSA) is 113 Å². The third-order valence-corrected chi connectivity index (χ3v) is 2.73. The second kappa shape index (κ2) is 8.39. The summed E-state index contributed by atoms with van der Waals surface area (Å²) in [6.07, 6.45) is -0.157. The van der Waals surface area contributed by atoms with Crippen LogP contribution in [0.1, 0.15) is 34.1 Å². The van der Waals surface area contributed by atoms with Gasteiger partial charge in [-0.2, -0.15) is 0 Å². The lowest BCUT2D eigenvalue weighted by Crippen LogP contribution is -2.50. The first-order valence-corrected chi connectivity index (χ1v) is 6.69. The molecule has 0 aromatic rings. The van der Waals surface area contributed by atoms with E-state index in [0.717, 1.165) is 0 Å². The number of nitrogens with two attached hydrogens (primary N) is 1. The molecule has 4 N–H and O–H groups in total. The quantitative estimate of drug-likeness (QED) is 0.608. The Labute approximate surface area is 119 Å². The van der Waals surface area contributed by atoms with Crippen LogP contribution in [0.3, 0.4) is 0 Å². The zero-order chi connectivity index (χ0) is 15.9. The molecule has 0 aliphatic heterocycles. The summed E-state index contributed by atoms with van der Waals surface area (Å²) in [7, 11) is 0. The minimum absolute atomic E-state index is 0.0236. The van der Waals surface area contributed by atoms with Gasteiger partial charge in [-0.25, -0.2) is 4.79 Å². The molecule has 0 spiro atoms. The standard InChI is InChI=1S/C13H25N3O4/c1-8(2)6-16(7-11(14)17)13(20)15-10(9(3)4)5-12(18)19/h8-10H,5-7H2,1-4H3,(H2,14,17)(H,15,20)(H,18,19). The molecule has 0 heterocycles. The first-order chi connectivity index (χ1) is 9.13. The molecule has 0 saturated carbocycles. The zero-order valence-electron chi connectivity index (χ0n) is 12.5. The fourth-order valence-electron chi connectivity index (χ4n) is 1.74. The van der Waals surface area contributed by atoms with Gasteiger partial charge in [0.05, 0.1) is 6.42 Å². The van der Waals surface area contributed by atoms with Crippen LogP contribution in [0.4, 0.5) is 4.79 Å². The van der Waals surface area contributed by atoms with E-state index in [0.29, 0.717) is 6.54 Å². The number of carbonyl (C=O) groups excluding carboxylic acids is 2.